The highest BCUT2D eigenvalue weighted by Crippen LogP contribution is 2.16. The van der Waals surface area contributed by atoms with Crippen LogP contribution in [0.25, 0.3) is 0 Å². The molecule has 0 heterocycles. The second-order valence-electron chi connectivity index (χ2n) is 3.80. The predicted octanol–water partition coefficient (Wildman–Crippen LogP) is -0.00838. The largest absolute Gasteiger partial charge is 0.398 e. The van der Waals surface area contributed by atoms with Crippen molar-refractivity contribution in [2.45, 2.75) is 18.7 Å². The van der Waals surface area contributed by atoms with Crippen LogP contribution >= 0.6 is 0 Å². The molecule has 0 saturated heterocycles. The summed E-state index contributed by atoms with van der Waals surface area (Å²) >= 11 is 0. The Kier molecular flexibility index (Phi) is 4.69. The van der Waals surface area contributed by atoms with Gasteiger partial charge in [-0.25, -0.2) is 13.1 Å². The molecule has 1 aromatic rings. The fourth-order valence-corrected chi connectivity index (χ4v) is 2.31. The van der Waals surface area contributed by atoms with Crippen LogP contribution < -0.4 is 15.8 Å². The molecule has 0 radical (unpaired) electrons. The van der Waals surface area contributed by atoms with Gasteiger partial charge in [-0.3, -0.25) is 4.79 Å². The van der Waals surface area contributed by atoms with Crippen molar-refractivity contribution in [3.05, 3.63) is 23.8 Å². The minimum atomic E-state index is -3.70. The Morgan fingerprint density at radius 3 is 2.61 bits per heavy atom. The Morgan fingerprint density at radius 2 is 2.06 bits per heavy atom. The Morgan fingerprint density at radius 1 is 1.39 bits per heavy atom. The summed E-state index contributed by atoms with van der Waals surface area (Å²) in [5.41, 5.74) is 6.85. The summed E-state index contributed by atoms with van der Waals surface area (Å²) in [4.78, 5) is 11.2. The Labute approximate surface area is 107 Å². The van der Waals surface area contributed by atoms with E-state index in [1.54, 1.807) is 19.9 Å². The van der Waals surface area contributed by atoms with E-state index in [1.807, 2.05) is 0 Å². The molecule has 0 aromatic heterocycles. The molecule has 0 saturated carbocycles. The lowest BCUT2D eigenvalue weighted by molar-refractivity contribution is -0.119. The number of nitrogens with two attached hydrogens (primary N) is 1. The zero-order chi connectivity index (χ0) is 13.8. The van der Waals surface area contributed by atoms with Gasteiger partial charge in [0.05, 0.1) is 11.4 Å². The monoisotopic (exact) mass is 271 g/mol. The molecule has 1 aromatic carbocycles. The van der Waals surface area contributed by atoms with Crippen LogP contribution in [0.1, 0.15) is 12.5 Å². The molecule has 7 heteroatoms. The zero-order valence-electron chi connectivity index (χ0n) is 10.4. The molecular formula is C11H17N3O3S. The molecule has 0 aliphatic heterocycles. The van der Waals surface area contributed by atoms with E-state index in [9.17, 15) is 13.2 Å². The lowest BCUT2D eigenvalue weighted by atomic mass is 10.2. The number of nitrogen functional groups attached to an aromatic ring is 1. The molecule has 0 atom stereocenters. The summed E-state index contributed by atoms with van der Waals surface area (Å²) < 4.78 is 25.9. The van der Waals surface area contributed by atoms with Gasteiger partial charge in [-0.1, -0.05) is 6.07 Å². The van der Waals surface area contributed by atoms with E-state index in [4.69, 9.17) is 5.73 Å². The van der Waals surface area contributed by atoms with Crippen LogP contribution in [0.3, 0.4) is 0 Å². The number of hydrogen-bond acceptors (Lipinski definition) is 4. The van der Waals surface area contributed by atoms with Crippen molar-refractivity contribution in [2.24, 2.45) is 0 Å². The van der Waals surface area contributed by atoms with Crippen molar-refractivity contribution >= 4 is 21.6 Å². The third-order valence-corrected chi connectivity index (χ3v) is 3.76. The molecule has 0 spiro atoms. The molecule has 4 N–H and O–H groups in total. The smallest absolute Gasteiger partial charge is 0.241 e. The van der Waals surface area contributed by atoms with Crippen molar-refractivity contribution in [3.63, 3.8) is 0 Å². The summed E-state index contributed by atoms with van der Waals surface area (Å²) in [6.07, 6.45) is 0. The topological polar surface area (TPSA) is 101 Å². The summed E-state index contributed by atoms with van der Waals surface area (Å²) in [6.45, 7) is 3.71. The number of amides is 1. The van der Waals surface area contributed by atoms with Gasteiger partial charge in [-0.2, -0.15) is 0 Å². The first-order chi connectivity index (χ1) is 8.36. The number of carbonyl (C=O) groups is 1. The van der Waals surface area contributed by atoms with Gasteiger partial charge >= 0.3 is 0 Å². The van der Waals surface area contributed by atoms with Crippen molar-refractivity contribution < 1.29 is 13.2 Å². The van der Waals surface area contributed by atoms with Gasteiger partial charge in [-0.05, 0) is 31.5 Å². The van der Waals surface area contributed by atoms with E-state index < -0.39 is 10.0 Å². The van der Waals surface area contributed by atoms with Crippen molar-refractivity contribution in [1.29, 1.82) is 0 Å². The molecule has 100 valence electrons. The molecule has 0 fully saturated rings. The minimum absolute atomic E-state index is 0.0508. The van der Waals surface area contributed by atoms with Crippen LogP contribution in [0.2, 0.25) is 0 Å². The number of sulfonamides is 1. The summed E-state index contributed by atoms with van der Waals surface area (Å²) in [6, 6.07) is 4.44. The Bertz CT molecular complexity index is 540. The maximum atomic E-state index is 11.9. The van der Waals surface area contributed by atoms with Gasteiger partial charge in [-0.15, -0.1) is 0 Å². The predicted molar refractivity (Wildman–Crippen MR) is 69.5 cm³/mol. The van der Waals surface area contributed by atoms with Crippen molar-refractivity contribution in [3.8, 4) is 0 Å². The molecule has 0 bridgehead atoms. The average molecular weight is 271 g/mol. The quantitative estimate of drug-likeness (QED) is 0.656. The second kappa shape index (κ2) is 5.83. The zero-order valence-corrected chi connectivity index (χ0v) is 11.2. The number of benzene rings is 1. The highest BCUT2D eigenvalue weighted by Gasteiger charge is 2.15. The van der Waals surface area contributed by atoms with E-state index in [1.165, 1.54) is 12.1 Å². The first kappa shape index (κ1) is 14.5. The second-order valence-corrected chi connectivity index (χ2v) is 5.56. The van der Waals surface area contributed by atoms with Gasteiger partial charge in [0, 0.05) is 12.2 Å². The highest BCUT2D eigenvalue weighted by molar-refractivity contribution is 7.89. The number of nitrogens with one attached hydrogen (secondary N) is 2. The van der Waals surface area contributed by atoms with Gasteiger partial charge in [0.15, 0.2) is 0 Å². The van der Waals surface area contributed by atoms with E-state index >= 15 is 0 Å². The molecule has 1 amide bonds. The molecule has 0 aliphatic rings. The standard InChI is InChI=1S/C11H17N3O3S/c1-3-13-11(15)7-14-18(16,17)9-5-4-8(2)10(12)6-9/h4-6,14H,3,7,12H2,1-2H3,(H,13,15). The number of anilines is 1. The summed E-state index contributed by atoms with van der Waals surface area (Å²) in [5.74, 6) is -0.374. The van der Waals surface area contributed by atoms with E-state index in [0.717, 1.165) is 5.56 Å². The lowest BCUT2D eigenvalue weighted by Gasteiger charge is -2.08. The van der Waals surface area contributed by atoms with Gasteiger partial charge in [0.1, 0.15) is 0 Å². The molecular weight excluding hydrogens is 254 g/mol. The number of hydrogen-bond donors (Lipinski definition) is 3. The fraction of sp³-hybridized carbons (Fsp3) is 0.364. The summed E-state index contributed by atoms with van der Waals surface area (Å²) in [7, 11) is -3.70. The molecule has 0 unspecified atom stereocenters. The molecule has 1 rings (SSSR count). The number of rotatable bonds is 5. The Balaban J connectivity index is 2.80. The molecule has 0 aliphatic carbocycles. The van der Waals surface area contributed by atoms with Crippen LogP contribution in [0.5, 0.6) is 0 Å². The first-order valence-corrected chi connectivity index (χ1v) is 6.97. The van der Waals surface area contributed by atoms with Crippen LogP contribution in [-0.4, -0.2) is 27.4 Å². The normalized spacial score (nSPS) is 11.2. The van der Waals surface area contributed by atoms with Crippen LogP contribution in [0, 0.1) is 6.92 Å². The highest BCUT2D eigenvalue weighted by atomic mass is 32.2. The van der Waals surface area contributed by atoms with Crippen LogP contribution in [0.4, 0.5) is 5.69 Å². The first-order valence-electron chi connectivity index (χ1n) is 5.49. The van der Waals surface area contributed by atoms with Gasteiger partial charge in [0.25, 0.3) is 0 Å². The van der Waals surface area contributed by atoms with E-state index in [2.05, 4.69) is 10.0 Å². The lowest BCUT2D eigenvalue weighted by Crippen LogP contribution is -2.36. The third kappa shape index (κ3) is 3.71. The van der Waals surface area contributed by atoms with Crippen molar-refractivity contribution in [1.82, 2.24) is 10.0 Å². The van der Waals surface area contributed by atoms with Crippen LogP contribution in [-0.2, 0) is 14.8 Å². The number of aryl methyl sites for hydroxylation is 1. The van der Waals surface area contributed by atoms with Gasteiger partial charge in [0.2, 0.25) is 15.9 Å². The average Bonchev–Trinajstić information content (AvgIpc) is 2.30. The minimum Gasteiger partial charge on any atom is -0.398 e. The van der Waals surface area contributed by atoms with Gasteiger partial charge < -0.3 is 11.1 Å². The van der Waals surface area contributed by atoms with Crippen LogP contribution in [0.15, 0.2) is 23.1 Å². The third-order valence-electron chi connectivity index (χ3n) is 2.36. The van der Waals surface area contributed by atoms with E-state index in [-0.39, 0.29) is 17.3 Å². The molecule has 6 nitrogen and oxygen atoms in total. The SMILES string of the molecule is CCNC(=O)CNS(=O)(=O)c1ccc(C)c(N)c1. The maximum Gasteiger partial charge on any atom is 0.241 e. The van der Waals surface area contributed by atoms with Crippen molar-refractivity contribution in [2.75, 3.05) is 18.8 Å². The Hall–Kier alpha value is -1.60. The number of carbonyl (C=O) groups excluding carboxylic acids is 1. The maximum absolute atomic E-state index is 11.9. The molecule has 18 heavy (non-hydrogen) atoms. The summed E-state index contributed by atoms with van der Waals surface area (Å²) in [5, 5.41) is 2.50. The number of likely N-dealkylation sites (N-methyl/N-ethyl adjacent to an activating group) is 1. The fourth-order valence-electron chi connectivity index (χ4n) is 1.29. The van der Waals surface area contributed by atoms with E-state index in [0.29, 0.717) is 12.2 Å².